The highest BCUT2D eigenvalue weighted by Crippen LogP contribution is 2.24. The summed E-state index contributed by atoms with van der Waals surface area (Å²) in [5.41, 5.74) is 6.92. The first-order chi connectivity index (χ1) is 9.54. The molecule has 0 radical (unpaired) electrons. The molecule has 3 unspecified atom stereocenters. The lowest BCUT2D eigenvalue weighted by Gasteiger charge is -2.30. The monoisotopic (exact) mass is 284 g/mol. The van der Waals surface area contributed by atoms with Crippen LogP contribution in [-0.2, 0) is 0 Å². The Balaban J connectivity index is 1.96. The topological polar surface area (TPSA) is 47.3 Å². The summed E-state index contributed by atoms with van der Waals surface area (Å²) >= 11 is 0. The molecule has 1 aromatic carbocycles. The fourth-order valence-electron chi connectivity index (χ4n) is 2.79. The first kappa shape index (κ1) is 15.2. The predicted octanol–water partition coefficient (Wildman–Crippen LogP) is 3.21. The lowest BCUT2D eigenvalue weighted by Crippen LogP contribution is -2.40. The van der Waals surface area contributed by atoms with E-state index >= 15 is 0 Å². The molecule has 5 heteroatoms. The summed E-state index contributed by atoms with van der Waals surface area (Å²) in [5.74, 6) is 0.200. The van der Waals surface area contributed by atoms with Crippen molar-refractivity contribution in [1.29, 1.82) is 0 Å². The van der Waals surface area contributed by atoms with Gasteiger partial charge in [0.25, 0.3) is 0 Å². The van der Waals surface area contributed by atoms with E-state index in [-0.39, 0.29) is 17.8 Å². The van der Waals surface area contributed by atoms with Crippen LogP contribution in [0.5, 0.6) is 5.75 Å². The van der Waals surface area contributed by atoms with Gasteiger partial charge in [0.1, 0.15) is 5.75 Å². The van der Waals surface area contributed by atoms with Crippen LogP contribution in [0.3, 0.4) is 0 Å². The first-order valence-corrected chi connectivity index (χ1v) is 7.11. The maximum absolute atomic E-state index is 12.2. The van der Waals surface area contributed by atoms with Crippen molar-refractivity contribution in [3.63, 3.8) is 0 Å². The first-order valence-electron chi connectivity index (χ1n) is 7.11. The van der Waals surface area contributed by atoms with E-state index in [0.29, 0.717) is 6.04 Å². The second kappa shape index (κ2) is 6.99. The Labute approximate surface area is 118 Å². The number of ether oxygens (including phenoxy) is 1. The predicted molar refractivity (Wildman–Crippen MR) is 74.9 cm³/mol. The maximum atomic E-state index is 12.2. The third-order valence-electron chi connectivity index (χ3n) is 3.78. The zero-order valence-corrected chi connectivity index (χ0v) is 11.7. The molecule has 1 fully saturated rings. The molecule has 0 amide bonds. The van der Waals surface area contributed by atoms with Crippen LogP contribution in [0.15, 0.2) is 24.3 Å². The van der Waals surface area contributed by atoms with Crippen molar-refractivity contribution in [1.82, 2.24) is 5.32 Å². The van der Waals surface area contributed by atoms with Gasteiger partial charge in [-0.25, -0.2) is 0 Å². The largest absolute Gasteiger partial charge is 0.435 e. The number of benzene rings is 1. The molecule has 1 aromatic rings. The molecule has 1 aliphatic rings. The summed E-state index contributed by atoms with van der Waals surface area (Å²) in [4.78, 5) is 0. The second-order valence-corrected chi connectivity index (χ2v) is 5.46. The molecule has 1 aliphatic carbocycles. The van der Waals surface area contributed by atoms with E-state index in [2.05, 4.69) is 10.1 Å². The molecule has 3 N–H and O–H groups in total. The highest BCUT2D eigenvalue weighted by molar-refractivity contribution is 5.30. The van der Waals surface area contributed by atoms with Gasteiger partial charge in [-0.1, -0.05) is 18.6 Å². The van der Waals surface area contributed by atoms with Gasteiger partial charge >= 0.3 is 6.61 Å². The Bertz CT molecular complexity index is 428. The minimum atomic E-state index is -2.79. The van der Waals surface area contributed by atoms with Gasteiger partial charge in [0.15, 0.2) is 0 Å². The van der Waals surface area contributed by atoms with E-state index in [1.54, 1.807) is 18.2 Å². The minimum absolute atomic E-state index is 0.0894. The lowest BCUT2D eigenvalue weighted by atomic mass is 9.91. The van der Waals surface area contributed by atoms with Crippen molar-refractivity contribution in [3.8, 4) is 5.75 Å². The number of halogens is 2. The fourth-order valence-corrected chi connectivity index (χ4v) is 2.79. The molecule has 0 aromatic heterocycles. The van der Waals surface area contributed by atoms with Gasteiger partial charge in [0.2, 0.25) is 0 Å². The number of nitrogens with two attached hydrogens (primary N) is 1. The van der Waals surface area contributed by atoms with Crippen LogP contribution in [-0.4, -0.2) is 18.7 Å². The molecule has 0 heterocycles. The molecule has 112 valence electrons. The summed E-state index contributed by atoms with van der Waals surface area (Å²) in [5, 5.41) is 3.52. The maximum Gasteiger partial charge on any atom is 0.387 e. The van der Waals surface area contributed by atoms with Gasteiger partial charge in [-0.2, -0.15) is 8.78 Å². The normalized spacial score (nSPS) is 24.6. The van der Waals surface area contributed by atoms with E-state index in [1.165, 1.54) is 0 Å². The zero-order valence-electron chi connectivity index (χ0n) is 11.7. The molecule has 0 spiro atoms. The molecule has 3 atom stereocenters. The molecular formula is C15H22F2N2O. The van der Waals surface area contributed by atoms with Gasteiger partial charge < -0.3 is 15.8 Å². The molecule has 3 nitrogen and oxygen atoms in total. The van der Waals surface area contributed by atoms with Crippen LogP contribution < -0.4 is 15.8 Å². The quantitative estimate of drug-likeness (QED) is 0.873. The minimum Gasteiger partial charge on any atom is -0.435 e. The Morgan fingerprint density at radius 3 is 2.85 bits per heavy atom. The third kappa shape index (κ3) is 4.42. The van der Waals surface area contributed by atoms with Crippen LogP contribution in [0, 0.1) is 0 Å². The van der Waals surface area contributed by atoms with Crippen molar-refractivity contribution < 1.29 is 13.5 Å². The Kier molecular flexibility index (Phi) is 5.31. The van der Waals surface area contributed by atoms with E-state index in [0.717, 1.165) is 31.2 Å². The van der Waals surface area contributed by atoms with Crippen molar-refractivity contribution >= 4 is 0 Å². The Morgan fingerprint density at radius 1 is 1.35 bits per heavy atom. The lowest BCUT2D eigenvalue weighted by molar-refractivity contribution is -0.0499. The molecule has 0 saturated heterocycles. The molecule has 20 heavy (non-hydrogen) atoms. The zero-order chi connectivity index (χ0) is 14.5. The summed E-state index contributed by atoms with van der Waals surface area (Å²) in [6, 6.07) is 7.60. The van der Waals surface area contributed by atoms with Crippen LogP contribution >= 0.6 is 0 Å². The van der Waals surface area contributed by atoms with Crippen LogP contribution in [0.2, 0.25) is 0 Å². The average molecular weight is 284 g/mol. The number of rotatable bonds is 5. The summed E-state index contributed by atoms with van der Waals surface area (Å²) in [6.45, 7) is -0.758. The molecule has 0 bridgehead atoms. The fraction of sp³-hybridized carbons (Fsp3) is 0.600. The van der Waals surface area contributed by atoms with Crippen molar-refractivity contribution in [3.05, 3.63) is 29.8 Å². The number of hydrogen-bond acceptors (Lipinski definition) is 3. The highest BCUT2D eigenvalue weighted by Gasteiger charge is 2.21. The van der Waals surface area contributed by atoms with Gasteiger partial charge in [0, 0.05) is 18.1 Å². The number of alkyl halides is 2. The molecular weight excluding hydrogens is 262 g/mol. The van der Waals surface area contributed by atoms with E-state index in [4.69, 9.17) is 5.73 Å². The van der Waals surface area contributed by atoms with Crippen molar-refractivity contribution in [2.75, 3.05) is 0 Å². The van der Waals surface area contributed by atoms with Crippen molar-refractivity contribution in [2.24, 2.45) is 5.73 Å². The highest BCUT2D eigenvalue weighted by atomic mass is 19.3. The molecule has 1 saturated carbocycles. The van der Waals surface area contributed by atoms with E-state index < -0.39 is 6.61 Å². The Hall–Kier alpha value is -1.20. The number of nitrogens with one attached hydrogen (secondary N) is 1. The SMILES string of the molecule is CC(NC1CCCC(N)C1)c1cccc(OC(F)F)c1. The van der Waals surface area contributed by atoms with Crippen LogP contribution in [0.1, 0.15) is 44.2 Å². The van der Waals surface area contributed by atoms with Crippen LogP contribution in [0.4, 0.5) is 8.78 Å². The summed E-state index contributed by atoms with van der Waals surface area (Å²) in [7, 11) is 0. The number of hydrogen-bond donors (Lipinski definition) is 2. The van der Waals surface area contributed by atoms with Gasteiger partial charge in [0.05, 0.1) is 0 Å². The smallest absolute Gasteiger partial charge is 0.387 e. The summed E-state index contributed by atoms with van der Waals surface area (Å²) < 4.78 is 28.9. The van der Waals surface area contributed by atoms with Crippen LogP contribution in [0.25, 0.3) is 0 Å². The van der Waals surface area contributed by atoms with E-state index in [1.807, 2.05) is 13.0 Å². The molecule has 0 aliphatic heterocycles. The van der Waals surface area contributed by atoms with E-state index in [9.17, 15) is 8.78 Å². The van der Waals surface area contributed by atoms with Gasteiger partial charge in [-0.15, -0.1) is 0 Å². The third-order valence-corrected chi connectivity index (χ3v) is 3.78. The average Bonchev–Trinajstić information content (AvgIpc) is 2.38. The second-order valence-electron chi connectivity index (χ2n) is 5.46. The standard InChI is InChI=1S/C15H22F2N2O/c1-10(19-13-6-3-5-12(18)9-13)11-4-2-7-14(8-11)20-15(16)17/h2,4,7-8,10,12-13,15,19H,3,5-6,9,18H2,1H3. The van der Waals surface area contributed by atoms with Gasteiger partial charge in [-0.3, -0.25) is 0 Å². The van der Waals surface area contributed by atoms with Gasteiger partial charge in [-0.05, 0) is 43.9 Å². The molecule has 2 rings (SSSR count). The summed E-state index contributed by atoms with van der Waals surface area (Å²) in [6.07, 6.45) is 4.31. The Morgan fingerprint density at radius 2 is 2.15 bits per heavy atom. The van der Waals surface area contributed by atoms with Crippen molar-refractivity contribution in [2.45, 2.75) is 57.3 Å².